The van der Waals surface area contributed by atoms with E-state index in [2.05, 4.69) is 5.10 Å². The summed E-state index contributed by atoms with van der Waals surface area (Å²) in [6.07, 6.45) is 1.15. The first-order valence-electron chi connectivity index (χ1n) is 4.15. The summed E-state index contributed by atoms with van der Waals surface area (Å²) in [5.41, 5.74) is 0.688. The highest BCUT2D eigenvalue weighted by Gasteiger charge is 2.12. The fourth-order valence-electron chi connectivity index (χ4n) is 1.19. The molecule has 0 bridgehead atoms. The summed E-state index contributed by atoms with van der Waals surface area (Å²) in [7, 11) is -1.90. The van der Waals surface area contributed by atoms with Crippen LogP contribution in [0.5, 0.6) is 0 Å². The summed E-state index contributed by atoms with van der Waals surface area (Å²) in [5.74, 6) is -0.667. The molecular weight excluding hydrogens is 217 g/mol. The molecule has 1 unspecified atom stereocenters. The standard InChI is InChI=1S/C9H8FN3OS/c10-8-6-13(12-9(8)15(11)14)7-4-2-1-3-5-7/h1-6H,11H2. The lowest BCUT2D eigenvalue weighted by molar-refractivity contribution is 0.593. The Bertz CT molecular complexity index is 497. The monoisotopic (exact) mass is 225 g/mol. The highest BCUT2D eigenvalue weighted by Crippen LogP contribution is 2.12. The molecule has 15 heavy (non-hydrogen) atoms. The Labute approximate surface area is 88.1 Å². The van der Waals surface area contributed by atoms with Gasteiger partial charge >= 0.3 is 0 Å². The minimum atomic E-state index is -1.90. The van der Waals surface area contributed by atoms with Crippen LogP contribution >= 0.6 is 0 Å². The van der Waals surface area contributed by atoms with Gasteiger partial charge in [0.2, 0.25) is 0 Å². The van der Waals surface area contributed by atoms with Gasteiger partial charge in [0.15, 0.2) is 10.8 Å². The molecule has 4 nitrogen and oxygen atoms in total. The zero-order valence-corrected chi connectivity index (χ0v) is 8.45. The van der Waals surface area contributed by atoms with Crippen LogP contribution in [0.2, 0.25) is 0 Å². The van der Waals surface area contributed by atoms with Gasteiger partial charge in [0.05, 0.1) is 11.9 Å². The maximum Gasteiger partial charge on any atom is 0.200 e. The lowest BCUT2D eigenvalue weighted by atomic mass is 10.3. The highest BCUT2D eigenvalue weighted by atomic mass is 32.2. The van der Waals surface area contributed by atoms with Crippen LogP contribution in [-0.2, 0) is 11.0 Å². The van der Waals surface area contributed by atoms with E-state index in [0.29, 0.717) is 5.69 Å². The van der Waals surface area contributed by atoms with E-state index < -0.39 is 16.8 Å². The van der Waals surface area contributed by atoms with E-state index in [9.17, 15) is 8.60 Å². The topological polar surface area (TPSA) is 60.9 Å². The zero-order valence-electron chi connectivity index (χ0n) is 7.63. The van der Waals surface area contributed by atoms with E-state index in [1.54, 1.807) is 24.3 Å². The number of para-hydroxylation sites is 1. The number of halogens is 1. The number of nitrogens with zero attached hydrogens (tertiary/aromatic N) is 2. The number of rotatable bonds is 2. The minimum Gasteiger partial charge on any atom is -0.246 e. The lowest BCUT2D eigenvalue weighted by Crippen LogP contribution is -2.06. The third-order valence-corrected chi connectivity index (χ3v) is 2.51. The van der Waals surface area contributed by atoms with Crippen LogP contribution in [0, 0.1) is 5.82 Å². The predicted molar refractivity (Wildman–Crippen MR) is 54.1 cm³/mol. The van der Waals surface area contributed by atoms with Crippen molar-refractivity contribution in [3.8, 4) is 5.69 Å². The molecule has 1 heterocycles. The zero-order chi connectivity index (χ0) is 10.8. The van der Waals surface area contributed by atoms with Crippen molar-refractivity contribution in [2.45, 2.75) is 5.03 Å². The van der Waals surface area contributed by atoms with E-state index in [0.717, 1.165) is 6.20 Å². The molecule has 78 valence electrons. The maximum absolute atomic E-state index is 13.2. The van der Waals surface area contributed by atoms with Crippen LogP contribution in [0.4, 0.5) is 4.39 Å². The second kappa shape index (κ2) is 3.92. The predicted octanol–water partition coefficient (Wildman–Crippen LogP) is 0.993. The molecule has 0 spiro atoms. The number of hydrogen-bond acceptors (Lipinski definition) is 2. The van der Waals surface area contributed by atoms with Crippen LogP contribution in [0.25, 0.3) is 5.69 Å². The highest BCUT2D eigenvalue weighted by molar-refractivity contribution is 7.82. The fourth-order valence-corrected chi connectivity index (χ4v) is 1.60. The average molecular weight is 225 g/mol. The first-order chi connectivity index (χ1) is 7.18. The van der Waals surface area contributed by atoms with Crippen LogP contribution in [0.15, 0.2) is 41.6 Å². The van der Waals surface area contributed by atoms with Crippen molar-refractivity contribution in [3.63, 3.8) is 0 Å². The minimum absolute atomic E-state index is 0.237. The number of aromatic nitrogens is 2. The molecule has 0 aliphatic heterocycles. The average Bonchev–Trinajstić information content (AvgIpc) is 2.62. The van der Waals surface area contributed by atoms with Crippen molar-refractivity contribution in [1.29, 1.82) is 0 Å². The van der Waals surface area contributed by atoms with E-state index >= 15 is 0 Å². The Morgan fingerprint density at radius 3 is 2.53 bits per heavy atom. The number of benzene rings is 1. The van der Waals surface area contributed by atoms with E-state index in [4.69, 9.17) is 5.14 Å². The molecule has 1 aromatic heterocycles. The third-order valence-electron chi connectivity index (χ3n) is 1.85. The largest absolute Gasteiger partial charge is 0.246 e. The van der Waals surface area contributed by atoms with Gasteiger partial charge in [-0.2, -0.15) is 5.10 Å². The van der Waals surface area contributed by atoms with Gasteiger partial charge in [0.25, 0.3) is 0 Å². The number of nitrogens with two attached hydrogens (primary N) is 1. The first-order valence-corrected chi connectivity index (χ1v) is 5.36. The Balaban J connectivity index is 2.48. The van der Waals surface area contributed by atoms with Crippen LogP contribution in [-0.4, -0.2) is 14.0 Å². The maximum atomic E-state index is 13.2. The van der Waals surface area contributed by atoms with Crippen LogP contribution in [0.3, 0.4) is 0 Å². The Morgan fingerprint density at radius 2 is 2.00 bits per heavy atom. The van der Waals surface area contributed by atoms with Crippen LogP contribution in [0.1, 0.15) is 0 Å². The summed E-state index contributed by atoms with van der Waals surface area (Å²) < 4.78 is 25.4. The van der Waals surface area contributed by atoms with Gasteiger partial charge < -0.3 is 0 Å². The molecule has 0 saturated carbocycles. The molecule has 1 aromatic carbocycles. The molecule has 2 N–H and O–H groups in total. The Morgan fingerprint density at radius 1 is 1.33 bits per heavy atom. The summed E-state index contributed by atoms with van der Waals surface area (Å²) in [6, 6.07) is 8.96. The van der Waals surface area contributed by atoms with E-state index in [1.807, 2.05) is 6.07 Å². The third kappa shape index (κ3) is 1.95. The Hall–Kier alpha value is -1.53. The second-order valence-electron chi connectivity index (χ2n) is 2.86. The van der Waals surface area contributed by atoms with Gasteiger partial charge in [-0.05, 0) is 12.1 Å². The van der Waals surface area contributed by atoms with Crippen molar-refractivity contribution >= 4 is 11.0 Å². The molecule has 2 aromatic rings. The molecular formula is C9H8FN3OS. The summed E-state index contributed by atoms with van der Waals surface area (Å²) in [5, 5.41) is 8.62. The summed E-state index contributed by atoms with van der Waals surface area (Å²) in [4.78, 5) is 0. The Kier molecular flexibility index (Phi) is 2.61. The normalized spacial score (nSPS) is 12.7. The van der Waals surface area contributed by atoms with E-state index in [1.165, 1.54) is 4.68 Å². The SMILES string of the molecule is NS(=O)c1nn(-c2ccccc2)cc1F. The number of hydrogen-bond donors (Lipinski definition) is 1. The quantitative estimate of drug-likeness (QED) is 0.828. The second-order valence-corrected chi connectivity index (χ2v) is 3.84. The van der Waals surface area contributed by atoms with Crippen molar-refractivity contribution in [1.82, 2.24) is 9.78 Å². The van der Waals surface area contributed by atoms with Crippen molar-refractivity contribution < 1.29 is 8.60 Å². The van der Waals surface area contributed by atoms with Crippen LogP contribution < -0.4 is 5.14 Å². The molecule has 6 heteroatoms. The molecule has 0 radical (unpaired) electrons. The van der Waals surface area contributed by atoms with E-state index in [-0.39, 0.29) is 5.03 Å². The smallest absolute Gasteiger partial charge is 0.200 e. The molecule has 0 fully saturated rings. The van der Waals surface area contributed by atoms with Gasteiger partial charge in [-0.25, -0.2) is 18.4 Å². The van der Waals surface area contributed by atoms with Gasteiger partial charge in [0.1, 0.15) is 11.0 Å². The molecule has 1 atom stereocenters. The molecule has 0 aliphatic carbocycles. The van der Waals surface area contributed by atoms with Crippen molar-refractivity contribution in [2.24, 2.45) is 5.14 Å². The van der Waals surface area contributed by atoms with Gasteiger partial charge in [-0.1, -0.05) is 18.2 Å². The first kappa shape index (κ1) is 10.0. The molecule has 0 aliphatic rings. The van der Waals surface area contributed by atoms with Crippen molar-refractivity contribution in [2.75, 3.05) is 0 Å². The summed E-state index contributed by atoms with van der Waals surface area (Å²) in [6.45, 7) is 0. The van der Waals surface area contributed by atoms with Gasteiger partial charge in [0, 0.05) is 0 Å². The lowest BCUT2D eigenvalue weighted by Gasteiger charge is -1.98. The molecule has 0 amide bonds. The summed E-state index contributed by atoms with van der Waals surface area (Å²) >= 11 is 0. The van der Waals surface area contributed by atoms with Gasteiger partial charge in [-0.3, -0.25) is 0 Å². The van der Waals surface area contributed by atoms with Crippen molar-refractivity contribution in [3.05, 3.63) is 42.3 Å². The molecule has 2 rings (SSSR count). The molecule has 0 saturated heterocycles. The van der Waals surface area contributed by atoms with Gasteiger partial charge in [-0.15, -0.1) is 0 Å². The fraction of sp³-hybridized carbons (Fsp3) is 0.